The molecule has 2 aromatic carbocycles. The Balaban J connectivity index is 1.82. The molecule has 4 N–H and O–H groups in total. The van der Waals surface area contributed by atoms with Gasteiger partial charge in [-0.1, -0.05) is 48.5 Å². The van der Waals surface area contributed by atoms with Crippen molar-refractivity contribution in [1.29, 1.82) is 0 Å². The number of hydrogen-bond acceptors (Lipinski definition) is 5. The molecule has 26 heavy (non-hydrogen) atoms. The van der Waals surface area contributed by atoms with Crippen molar-refractivity contribution in [3.05, 3.63) is 65.7 Å². The monoisotopic (exact) mass is 356 g/mol. The molecule has 0 bridgehead atoms. The van der Waals surface area contributed by atoms with E-state index >= 15 is 0 Å². The van der Waals surface area contributed by atoms with E-state index in [-0.39, 0.29) is 37.3 Å². The van der Waals surface area contributed by atoms with E-state index in [2.05, 4.69) is 28.8 Å². The number of benzene rings is 2. The van der Waals surface area contributed by atoms with Crippen LogP contribution >= 0.6 is 0 Å². The summed E-state index contributed by atoms with van der Waals surface area (Å²) < 4.78 is 5.45. The molecule has 140 valence electrons. The standard InChI is InChI=1S/C21H28N2O3/c1-26-19-10-6-5-9-16(19)13-22-21-17(11-12-24)18(14-25)23-20(21)15-7-3-2-4-8-15/h2-10,17-18,20-25H,11-14H2,1H3. The van der Waals surface area contributed by atoms with Gasteiger partial charge < -0.3 is 25.6 Å². The highest BCUT2D eigenvalue weighted by molar-refractivity contribution is 5.33. The summed E-state index contributed by atoms with van der Waals surface area (Å²) in [4.78, 5) is 0. The van der Waals surface area contributed by atoms with Crippen molar-refractivity contribution in [1.82, 2.24) is 10.6 Å². The molecular formula is C21H28N2O3. The summed E-state index contributed by atoms with van der Waals surface area (Å²) in [5.74, 6) is 1.00. The summed E-state index contributed by atoms with van der Waals surface area (Å²) in [6.07, 6.45) is 0.644. The Morgan fingerprint density at radius 1 is 1.04 bits per heavy atom. The molecule has 0 saturated carbocycles. The SMILES string of the molecule is COc1ccccc1CNC1C(c2ccccc2)NC(CO)C1CCO. The molecule has 0 aromatic heterocycles. The van der Waals surface area contributed by atoms with Crippen LogP contribution in [-0.4, -0.2) is 42.6 Å². The predicted octanol–water partition coefficient (Wildman–Crippen LogP) is 1.86. The number of methoxy groups -OCH3 is 1. The third kappa shape index (κ3) is 4.07. The lowest BCUT2D eigenvalue weighted by Crippen LogP contribution is -2.39. The fraction of sp³-hybridized carbons (Fsp3) is 0.429. The van der Waals surface area contributed by atoms with Crippen LogP contribution in [0.2, 0.25) is 0 Å². The van der Waals surface area contributed by atoms with Crippen LogP contribution in [0.5, 0.6) is 5.75 Å². The van der Waals surface area contributed by atoms with Gasteiger partial charge in [-0.2, -0.15) is 0 Å². The summed E-state index contributed by atoms with van der Waals surface area (Å²) in [7, 11) is 1.68. The van der Waals surface area contributed by atoms with Gasteiger partial charge in [-0.25, -0.2) is 0 Å². The van der Waals surface area contributed by atoms with Gasteiger partial charge in [0.1, 0.15) is 5.75 Å². The summed E-state index contributed by atoms with van der Waals surface area (Å²) in [6, 6.07) is 18.4. The van der Waals surface area contributed by atoms with Crippen LogP contribution < -0.4 is 15.4 Å². The van der Waals surface area contributed by atoms with Crippen LogP contribution in [0.3, 0.4) is 0 Å². The van der Waals surface area contributed by atoms with Gasteiger partial charge in [-0.3, -0.25) is 0 Å². The molecule has 1 saturated heterocycles. The zero-order valence-corrected chi connectivity index (χ0v) is 15.1. The second kappa shape index (κ2) is 9.14. The van der Waals surface area contributed by atoms with E-state index in [1.807, 2.05) is 36.4 Å². The number of aliphatic hydroxyl groups excluding tert-OH is 2. The van der Waals surface area contributed by atoms with Crippen LogP contribution in [0.25, 0.3) is 0 Å². The molecule has 0 spiro atoms. The smallest absolute Gasteiger partial charge is 0.123 e. The van der Waals surface area contributed by atoms with Gasteiger partial charge >= 0.3 is 0 Å². The zero-order chi connectivity index (χ0) is 18.4. The molecule has 0 amide bonds. The summed E-state index contributed by atoms with van der Waals surface area (Å²) >= 11 is 0. The Kier molecular flexibility index (Phi) is 6.63. The fourth-order valence-corrected chi connectivity index (χ4v) is 3.98. The number of nitrogens with one attached hydrogen (secondary N) is 2. The van der Waals surface area contributed by atoms with E-state index in [1.54, 1.807) is 7.11 Å². The lowest BCUT2D eigenvalue weighted by molar-refractivity contribution is 0.185. The molecule has 0 radical (unpaired) electrons. The van der Waals surface area contributed by atoms with Gasteiger partial charge in [-0.05, 0) is 24.0 Å². The topological polar surface area (TPSA) is 73.8 Å². The van der Waals surface area contributed by atoms with Crippen molar-refractivity contribution in [3.8, 4) is 5.75 Å². The summed E-state index contributed by atoms with van der Waals surface area (Å²) in [5, 5.41) is 26.6. The van der Waals surface area contributed by atoms with Crippen LogP contribution in [-0.2, 0) is 6.54 Å². The van der Waals surface area contributed by atoms with Gasteiger partial charge in [0.2, 0.25) is 0 Å². The third-order valence-electron chi connectivity index (χ3n) is 5.27. The summed E-state index contributed by atoms with van der Waals surface area (Å²) in [6.45, 7) is 0.831. The van der Waals surface area contributed by atoms with E-state index < -0.39 is 0 Å². The molecule has 5 heteroatoms. The first-order chi connectivity index (χ1) is 12.8. The molecule has 1 aliphatic rings. The fourth-order valence-electron chi connectivity index (χ4n) is 3.98. The van der Waals surface area contributed by atoms with Gasteiger partial charge in [-0.15, -0.1) is 0 Å². The van der Waals surface area contributed by atoms with Gasteiger partial charge in [0, 0.05) is 36.8 Å². The lowest BCUT2D eigenvalue weighted by atomic mass is 9.88. The van der Waals surface area contributed by atoms with Crippen LogP contribution in [0, 0.1) is 5.92 Å². The van der Waals surface area contributed by atoms with Crippen LogP contribution in [0.1, 0.15) is 23.6 Å². The minimum absolute atomic E-state index is 0.0393. The van der Waals surface area contributed by atoms with Crippen molar-refractivity contribution in [2.45, 2.75) is 31.1 Å². The van der Waals surface area contributed by atoms with E-state index in [9.17, 15) is 10.2 Å². The van der Waals surface area contributed by atoms with Gasteiger partial charge in [0.15, 0.2) is 0 Å². The molecule has 4 unspecified atom stereocenters. The normalized spacial score (nSPS) is 25.3. The lowest BCUT2D eigenvalue weighted by Gasteiger charge is -2.26. The molecular weight excluding hydrogens is 328 g/mol. The Bertz CT molecular complexity index is 680. The molecule has 2 aromatic rings. The van der Waals surface area contributed by atoms with Crippen LogP contribution in [0.15, 0.2) is 54.6 Å². The van der Waals surface area contributed by atoms with Crippen LogP contribution in [0.4, 0.5) is 0 Å². The predicted molar refractivity (Wildman–Crippen MR) is 102 cm³/mol. The number of hydrogen-bond donors (Lipinski definition) is 4. The molecule has 1 fully saturated rings. The Labute approximate surface area is 155 Å². The number of aliphatic hydroxyl groups is 2. The average Bonchev–Trinajstić information content (AvgIpc) is 3.05. The van der Waals surface area contributed by atoms with Crippen molar-refractivity contribution in [2.75, 3.05) is 20.3 Å². The quantitative estimate of drug-likeness (QED) is 0.581. The largest absolute Gasteiger partial charge is 0.496 e. The van der Waals surface area contributed by atoms with E-state index in [1.165, 1.54) is 5.56 Å². The summed E-state index contributed by atoms with van der Waals surface area (Å²) in [5.41, 5.74) is 2.28. The Morgan fingerprint density at radius 2 is 1.77 bits per heavy atom. The van der Waals surface area contributed by atoms with Crippen molar-refractivity contribution in [3.63, 3.8) is 0 Å². The second-order valence-corrected chi connectivity index (χ2v) is 6.74. The minimum atomic E-state index is -0.0393. The molecule has 3 rings (SSSR count). The first-order valence-electron chi connectivity index (χ1n) is 9.16. The molecule has 1 heterocycles. The van der Waals surface area contributed by atoms with E-state index in [4.69, 9.17) is 4.74 Å². The number of ether oxygens (including phenoxy) is 1. The first kappa shape index (κ1) is 18.9. The maximum Gasteiger partial charge on any atom is 0.123 e. The highest BCUT2D eigenvalue weighted by atomic mass is 16.5. The molecule has 1 aliphatic heterocycles. The number of rotatable bonds is 8. The van der Waals surface area contributed by atoms with E-state index in [0.29, 0.717) is 13.0 Å². The highest BCUT2D eigenvalue weighted by Gasteiger charge is 2.42. The van der Waals surface area contributed by atoms with Gasteiger partial charge in [0.05, 0.1) is 13.7 Å². The highest BCUT2D eigenvalue weighted by Crippen LogP contribution is 2.34. The second-order valence-electron chi connectivity index (χ2n) is 6.74. The van der Waals surface area contributed by atoms with Gasteiger partial charge in [0.25, 0.3) is 0 Å². The number of para-hydroxylation sites is 1. The van der Waals surface area contributed by atoms with Crippen molar-refractivity contribution >= 4 is 0 Å². The van der Waals surface area contributed by atoms with Crippen molar-refractivity contribution < 1.29 is 14.9 Å². The zero-order valence-electron chi connectivity index (χ0n) is 15.1. The molecule has 4 atom stereocenters. The maximum absolute atomic E-state index is 9.82. The third-order valence-corrected chi connectivity index (χ3v) is 5.27. The molecule has 5 nitrogen and oxygen atoms in total. The maximum atomic E-state index is 9.82. The van der Waals surface area contributed by atoms with E-state index in [0.717, 1.165) is 11.3 Å². The first-order valence-corrected chi connectivity index (χ1v) is 9.16. The average molecular weight is 356 g/mol. The Hall–Kier alpha value is -1.92. The Morgan fingerprint density at radius 3 is 2.46 bits per heavy atom. The minimum Gasteiger partial charge on any atom is -0.496 e. The van der Waals surface area contributed by atoms with Crippen molar-refractivity contribution in [2.24, 2.45) is 5.92 Å². The molecule has 0 aliphatic carbocycles.